The lowest BCUT2D eigenvalue weighted by Crippen LogP contribution is -2.09. The summed E-state index contributed by atoms with van der Waals surface area (Å²) in [6.07, 6.45) is 0.585. The molecular weight excluding hydrogens is 398 g/mol. The van der Waals surface area contributed by atoms with Crippen molar-refractivity contribution in [1.82, 2.24) is 14.8 Å². The molecule has 0 bridgehead atoms. The smallest absolute Gasteiger partial charge is 0.336 e. The van der Waals surface area contributed by atoms with Gasteiger partial charge in [-0.15, -0.1) is 10.2 Å². The Kier molecular flexibility index (Phi) is 4.83. The van der Waals surface area contributed by atoms with E-state index in [1.54, 1.807) is 0 Å². The second-order valence-electron chi connectivity index (χ2n) is 7.26. The normalized spacial score (nSPS) is 18.8. The standard InChI is InChI=1S/C19H21N3O4S2/c1-11-4-5-15-14(8-16(23)26-17(15)12(11)2)9-27-19-21-20-18(22(19)3)13-6-7-28(24,25)10-13/h4-5,8,13H,6-7,9-10H2,1-3H3. The molecule has 0 spiro atoms. The van der Waals surface area contributed by atoms with Crippen molar-refractivity contribution in [2.75, 3.05) is 11.5 Å². The fourth-order valence-corrected chi connectivity index (χ4v) is 6.24. The summed E-state index contributed by atoms with van der Waals surface area (Å²) in [5.74, 6) is 1.48. The molecule has 2 aromatic heterocycles. The van der Waals surface area contributed by atoms with Gasteiger partial charge in [0.2, 0.25) is 0 Å². The van der Waals surface area contributed by atoms with Crippen LogP contribution in [0.5, 0.6) is 0 Å². The number of nitrogens with zero attached hydrogens (tertiary/aromatic N) is 3. The molecule has 1 aromatic carbocycles. The molecule has 1 unspecified atom stereocenters. The number of aryl methyl sites for hydroxylation is 2. The highest BCUT2D eigenvalue weighted by molar-refractivity contribution is 7.98. The molecule has 0 N–H and O–H groups in total. The van der Waals surface area contributed by atoms with Crippen LogP contribution < -0.4 is 5.63 Å². The van der Waals surface area contributed by atoms with E-state index in [1.807, 2.05) is 37.6 Å². The van der Waals surface area contributed by atoms with Gasteiger partial charge < -0.3 is 8.98 Å². The van der Waals surface area contributed by atoms with E-state index in [0.717, 1.165) is 22.1 Å². The first-order valence-electron chi connectivity index (χ1n) is 9.00. The summed E-state index contributed by atoms with van der Waals surface area (Å²) >= 11 is 1.47. The van der Waals surface area contributed by atoms with E-state index in [1.165, 1.54) is 17.8 Å². The van der Waals surface area contributed by atoms with Crippen LogP contribution in [0.2, 0.25) is 0 Å². The van der Waals surface area contributed by atoms with Gasteiger partial charge in [-0.05, 0) is 37.0 Å². The zero-order chi connectivity index (χ0) is 20.1. The summed E-state index contributed by atoms with van der Waals surface area (Å²) in [5.41, 5.74) is 3.17. The molecule has 1 saturated heterocycles. The van der Waals surface area contributed by atoms with Gasteiger partial charge in [-0.3, -0.25) is 0 Å². The third kappa shape index (κ3) is 3.48. The zero-order valence-electron chi connectivity index (χ0n) is 15.9. The molecule has 3 heterocycles. The average molecular weight is 420 g/mol. The SMILES string of the molecule is Cc1ccc2c(CSc3nnc(C4CCS(=O)(=O)C4)n3C)cc(=O)oc2c1C. The van der Waals surface area contributed by atoms with E-state index in [-0.39, 0.29) is 23.0 Å². The van der Waals surface area contributed by atoms with Crippen LogP contribution in [0.3, 0.4) is 0 Å². The third-order valence-corrected chi connectivity index (χ3v) is 8.18. The van der Waals surface area contributed by atoms with Crippen LogP contribution in [0.25, 0.3) is 11.0 Å². The van der Waals surface area contributed by atoms with Crippen molar-refractivity contribution in [2.24, 2.45) is 7.05 Å². The van der Waals surface area contributed by atoms with E-state index < -0.39 is 9.84 Å². The van der Waals surface area contributed by atoms with Gasteiger partial charge in [-0.2, -0.15) is 0 Å². The molecule has 1 aliphatic rings. The molecule has 3 aromatic rings. The minimum atomic E-state index is -2.98. The highest BCUT2D eigenvalue weighted by Crippen LogP contribution is 2.31. The van der Waals surface area contributed by atoms with E-state index in [9.17, 15) is 13.2 Å². The first-order valence-corrected chi connectivity index (χ1v) is 11.8. The second kappa shape index (κ2) is 7.04. The fourth-order valence-electron chi connectivity index (χ4n) is 3.59. The van der Waals surface area contributed by atoms with Crippen LogP contribution in [-0.4, -0.2) is 34.7 Å². The van der Waals surface area contributed by atoms with Gasteiger partial charge in [0.1, 0.15) is 11.4 Å². The molecule has 148 valence electrons. The van der Waals surface area contributed by atoms with Crippen LogP contribution in [0.15, 0.2) is 32.6 Å². The van der Waals surface area contributed by atoms with Crippen LogP contribution in [0.4, 0.5) is 0 Å². The first-order chi connectivity index (χ1) is 13.2. The maximum absolute atomic E-state index is 12.0. The first kappa shape index (κ1) is 19.2. The molecule has 0 saturated carbocycles. The Balaban J connectivity index is 1.61. The van der Waals surface area contributed by atoms with Crippen molar-refractivity contribution in [3.05, 3.63) is 51.1 Å². The summed E-state index contributed by atoms with van der Waals surface area (Å²) in [5, 5.41) is 10.1. The maximum Gasteiger partial charge on any atom is 0.336 e. The van der Waals surface area contributed by atoms with Crippen LogP contribution in [0.1, 0.15) is 34.9 Å². The monoisotopic (exact) mass is 419 g/mol. The molecule has 4 rings (SSSR count). The van der Waals surface area contributed by atoms with Crippen molar-refractivity contribution >= 4 is 32.6 Å². The molecule has 9 heteroatoms. The number of aromatic nitrogens is 3. The predicted octanol–water partition coefficient (Wildman–Crippen LogP) is 2.73. The Morgan fingerprint density at radius 1 is 1.29 bits per heavy atom. The molecular formula is C19H21N3O4S2. The van der Waals surface area contributed by atoms with Crippen LogP contribution in [-0.2, 0) is 22.6 Å². The van der Waals surface area contributed by atoms with Gasteiger partial charge in [0, 0.05) is 30.2 Å². The lowest BCUT2D eigenvalue weighted by atomic mass is 10.0. The summed E-state index contributed by atoms with van der Waals surface area (Å²) in [4.78, 5) is 12.0. The molecule has 0 amide bonds. The number of thioether (sulfide) groups is 1. The van der Waals surface area contributed by atoms with Crippen molar-refractivity contribution in [3.63, 3.8) is 0 Å². The summed E-state index contributed by atoms with van der Waals surface area (Å²) in [6, 6.07) is 5.51. The number of fused-ring (bicyclic) bond motifs is 1. The number of benzene rings is 1. The molecule has 28 heavy (non-hydrogen) atoms. The van der Waals surface area contributed by atoms with E-state index in [0.29, 0.717) is 28.7 Å². The highest BCUT2D eigenvalue weighted by Gasteiger charge is 2.32. The van der Waals surface area contributed by atoms with Crippen molar-refractivity contribution in [3.8, 4) is 0 Å². The minimum absolute atomic E-state index is 0.105. The van der Waals surface area contributed by atoms with Gasteiger partial charge in [-0.25, -0.2) is 13.2 Å². The average Bonchev–Trinajstić information content (AvgIpc) is 3.18. The number of rotatable bonds is 4. The second-order valence-corrected chi connectivity index (χ2v) is 10.4. The van der Waals surface area contributed by atoms with Gasteiger partial charge in [0.25, 0.3) is 0 Å². The largest absolute Gasteiger partial charge is 0.422 e. The zero-order valence-corrected chi connectivity index (χ0v) is 17.6. The summed E-state index contributed by atoms with van der Waals surface area (Å²) in [7, 11) is -1.12. The molecule has 0 radical (unpaired) electrons. The lowest BCUT2D eigenvalue weighted by molar-refractivity contribution is 0.557. The molecule has 0 aliphatic carbocycles. The predicted molar refractivity (Wildman–Crippen MR) is 109 cm³/mol. The third-order valence-electron chi connectivity index (χ3n) is 5.34. The number of sulfone groups is 1. The van der Waals surface area contributed by atoms with Gasteiger partial charge >= 0.3 is 5.63 Å². The molecule has 7 nitrogen and oxygen atoms in total. The molecule has 1 fully saturated rings. The van der Waals surface area contributed by atoms with Crippen molar-refractivity contribution in [1.29, 1.82) is 0 Å². The summed E-state index contributed by atoms with van der Waals surface area (Å²) < 4.78 is 30.8. The quantitative estimate of drug-likeness (QED) is 0.474. The Morgan fingerprint density at radius 2 is 2.07 bits per heavy atom. The molecule has 1 aliphatic heterocycles. The highest BCUT2D eigenvalue weighted by atomic mass is 32.2. The van der Waals surface area contributed by atoms with Crippen molar-refractivity contribution < 1.29 is 12.8 Å². The van der Waals surface area contributed by atoms with Gasteiger partial charge in [0.15, 0.2) is 15.0 Å². The van der Waals surface area contributed by atoms with E-state index >= 15 is 0 Å². The molecule has 1 atom stereocenters. The Bertz CT molecular complexity index is 1230. The van der Waals surface area contributed by atoms with Gasteiger partial charge in [0.05, 0.1) is 11.5 Å². The topological polar surface area (TPSA) is 95.1 Å². The fraction of sp³-hybridized carbons (Fsp3) is 0.421. The van der Waals surface area contributed by atoms with Gasteiger partial charge in [-0.1, -0.05) is 23.9 Å². The van der Waals surface area contributed by atoms with Crippen LogP contribution >= 0.6 is 11.8 Å². The van der Waals surface area contributed by atoms with E-state index in [2.05, 4.69) is 10.2 Å². The minimum Gasteiger partial charge on any atom is -0.422 e. The van der Waals surface area contributed by atoms with Crippen molar-refractivity contribution in [2.45, 2.75) is 37.1 Å². The number of hydrogen-bond donors (Lipinski definition) is 0. The Morgan fingerprint density at radius 3 is 2.79 bits per heavy atom. The maximum atomic E-state index is 12.0. The van der Waals surface area contributed by atoms with Crippen LogP contribution in [0, 0.1) is 13.8 Å². The summed E-state index contributed by atoms with van der Waals surface area (Å²) in [6.45, 7) is 3.93. The van der Waals surface area contributed by atoms with E-state index in [4.69, 9.17) is 4.42 Å². The lowest BCUT2D eigenvalue weighted by Gasteiger charge is -2.10. The Hall–Kier alpha value is -2.13. The number of hydrogen-bond acceptors (Lipinski definition) is 7. The Labute approximate surface area is 167 Å².